The number of pyridine rings is 1. The number of nitrogens with zero attached hydrogens (tertiary/aromatic N) is 2. The molecule has 24 heavy (non-hydrogen) atoms. The van der Waals surface area contributed by atoms with Crippen molar-refractivity contribution in [3.8, 4) is 11.5 Å². The van der Waals surface area contributed by atoms with Crippen molar-refractivity contribution in [2.75, 3.05) is 0 Å². The fraction of sp³-hybridized carbons (Fsp3) is 0.118. The number of esters is 1. The molecule has 3 aromatic rings. The summed E-state index contributed by atoms with van der Waals surface area (Å²) in [6.07, 6.45) is 1.61. The molecule has 0 aliphatic heterocycles. The topological polar surface area (TPSA) is 61.3 Å². The Balaban J connectivity index is 1.68. The van der Waals surface area contributed by atoms with Gasteiger partial charge in [0, 0.05) is 11.6 Å². The molecule has 5 nitrogen and oxygen atoms in total. The van der Waals surface area contributed by atoms with Gasteiger partial charge in [-0.05, 0) is 53.2 Å². The second-order valence-corrected chi connectivity index (χ2v) is 6.67. The summed E-state index contributed by atoms with van der Waals surface area (Å²) in [6.45, 7) is 2.30. The van der Waals surface area contributed by atoms with Crippen LogP contribution in [-0.4, -0.2) is 15.9 Å². The minimum Gasteiger partial charge on any atom is -0.487 e. The van der Waals surface area contributed by atoms with E-state index in [0.717, 1.165) is 10.7 Å². The van der Waals surface area contributed by atoms with E-state index in [9.17, 15) is 4.79 Å². The summed E-state index contributed by atoms with van der Waals surface area (Å²) in [6, 6.07) is 10.2. The number of rotatable bonds is 5. The average molecular weight is 405 g/mol. The highest BCUT2D eigenvalue weighted by molar-refractivity contribution is 9.10. The standard InChI is InChI=1S/C17H13BrN2O3S/c1-11-20-13(10-24-11)9-22-14-5-2-4-12(8-14)17(21)23-15-6-3-7-19-16(15)18/h2-8,10H,9H2,1H3. The van der Waals surface area contributed by atoms with Crippen LogP contribution in [-0.2, 0) is 6.61 Å². The van der Waals surface area contributed by atoms with Gasteiger partial charge < -0.3 is 9.47 Å². The molecule has 0 atom stereocenters. The normalized spacial score (nSPS) is 10.4. The van der Waals surface area contributed by atoms with Crippen molar-refractivity contribution in [3.63, 3.8) is 0 Å². The zero-order valence-electron chi connectivity index (χ0n) is 12.7. The highest BCUT2D eigenvalue weighted by Gasteiger charge is 2.12. The zero-order chi connectivity index (χ0) is 16.9. The fourth-order valence-electron chi connectivity index (χ4n) is 1.95. The van der Waals surface area contributed by atoms with Crippen molar-refractivity contribution in [1.82, 2.24) is 9.97 Å². The third-order valence-corrected chi connectivity index (χ3v) is 4.47. The van der Waals surface area contributed by atoms with Gasteiger partial charge in [0.25, 0.3) is 0 Å². The van der Waals surface area contributed by atoms with Crippen LogP contribution in [0.2, 0.25) is 0 Å². The summed E-state index contributed by atoms with van der Waals surface area (Å²) in [4.78, 5) is 20.6. The largest absolute Gasteiger partial charge is 0.487 e. The fourth-order valence-corrected chi connectivity index (χ4v) is 2.88. The van der Waals surface area contributed by atoms with Gasteiger partial charge in [-0.15, -0.1) is 11.3 Å². The number of carbonyl (C=O) groups is 1. The Bertz CT molecular complexity index is 866. The van der Waals surface area contributed by atoms with Crippen molar-refractivity contribution in [1.29, 1.82) is 0 Å². The maximum absolute atomic E-state index is 12.3. The molecule has 0 spiro atoms. The molecule has 0 bridgehead atoms. The van der Waals surface area contributed by atoms with Crippen molar-refractivity contribution < 1.29 is 14.3 Å². The Morgan fingerprint density at radius 1 is 1.29 bits per heavy atom. The zero-order valence-corrected chi connectivity index (χ0v) is 15.1. The Morgan fingerprint density at radius 2 is 2.17 bits per heavy atom. The quantitative estimate of drug-likeness (QED) is 0.465. The molecule has 122 valence electrons. The summed E-state index contributed by atoms with van der Waals surface area (Å²) in [5.74, 6) is 0.478. The van der Waals surface area contributed by atoms with Gasteiger partial charge in [0.1, 0.15) is 17.0 Å². The Labute approximate surface area is 151 Å². The van der Waals surface area contributed by atoms with Crippen LogP contribution in [0.4, 0.5) is 0 Å². The first-order valence-electron chi connectivity index (χ1n) is 7.08. The minimum atomic E-state index is -0.473. The van der Waals surface area contributed by atoms with Gasteiger partial charge in [0.2, 0.25) is 0 Å². The van der Waals surface area contributed by atoms with Crippen LogP contribution in [0.3, 0.4) is 0 Å². The number of hydrogen-bond donors (Lipinski definition) is 0. The molecular formula is C17H13BrN2O3S. The van der Waals surface area contributed by atoms with E-state index in [4.69, 9.17) is 9.47 Å². The number of aromatic nitrogens is 2. The lowest BCUT2D eigenvalue weighted by Gasteiger charge is -2.08. The third-order valence-electron chi connectivity index (χ3n) is 3.05. The van der Waals surface area contributed by atoms with Gasteiger partial charge in [-0.25, -0.2) is 14.8 Å². The molecular weight excluding hydrogens is 392 g/mol. The Morgan fingerprint density at radius 3 is 2.92 bits per heavy atom. The second kappa shape index (κ2) is 7.55. The molecule has 0 aliphatic rings. The monoisotopic (exact) mass is 404 g/mol. The highest BCUT2D eigenvalue weighted by atomic mass is 79.9. The number of hydrogen-bond acceptors (Lipinski definition) is 6. The summed E-state index contributed by atoms with van der Waals surface area (Å²) in [5, 5.41) is 2.95. The lowest BCUT2D eigenvalue weighted by Crippen LogP contribution is -2.09. The van der Waals surface area contributed by atoms with E-state index in [-0.39, 0.29) is 0 Å². The van der Waals surface area contributed by atoms with Crippen LogP contribution >= 0.6 is 27.3 Å². The summed E-state index contributed by atoms with van der Waals surface area (Å²) in [5.41, 5.74) is 1.27. The first kappa shape index (κ1) is 16.6. The molecule has 0 aliphatic carbocycles. The van der Waals surface area contributed by atoms with Gasteiger partial charge in [-0.2, -0.15) is 0 Å². The lowest BCUT2D eigenvalue weighted by molar-refractivity contribution is 0.0732. The van der Waals surface area contributed by atoms with Crippen LogP contribution in [0, 0.1) is 6.92 Å². The van der Waals surface area contributed by atoms with Crippen molar-refractivity contribution >= 4 is 33.2 Å². The maximum atomic E-state index is 12.3. The van der Waals surface area contributed by atoms with Crippen LogP contribution in [0.25, 0.3) is 0 Å². The molecule has 0 unspecified atom stereocenters. The number of ether oxygens (including phenoxy) is 2. The molecule has 2 aromatic heterocycles. The van der Waals surface area contributed by atoms with Gasteiger partial charge >= 0.3 is 5.97 Å². The maximum Gasteiger partial charge on any atom is 0.343 e. The summed E-state index contributed by atoms with van der Waals surface area (Å²) < 4.78 is 11.5. The lowest BCUT2D eigenvalue weighted by atomic mass is 10.2. The summed E-state index contributed by atoms with van der Waals surface area (Å²) >= 11 is 4.82. The van der Waals surface area contributed by atoms with Gasteiger partial charge in [0.05, 0.1) is 16.3 Å². The average Bonchev–Trinajstić information content (AvgIpc) is 3.01. The van der Waals surface area contributed by atoms with E-state index >= 15 is 0 Å². The van der Waals surface area contributed by atoms with E-state index in [1.165, 1.54) is 0 Å². The smallest absolute Gasteiger partial charge is 0.343 e. The van der Waals surface area contributed by atoms with Gasteiger partial charge in [0.15, 0.2) is 5.75 Å². The van der Waals surface area contributed by atoms with E-state index in [1.807, 2.05) is 12.3 Å². The Hall–Kier alpha value is -2.25. The molecule has 0 saturated heterocycles. The summed E-state index contributed by atoms with van der Waals surface area (Å²) in [7, 11) is 0. The number of halogens is 1. The van der Waals surface area contributed by atoms with Crippen LogP contribution in [0.5, 0.6) is 11.5 Å². The molecule has 0 fully saturated rings. The molecule has 0 saturated carbocycles. The predicted molar refractivity (Wildman–Crippen MR) is 94.5 cm³/mol. The van der Waals surface area contributed by atoms with Crippen LogP contribution < -0.4 is 9.47 Å². The number of aryl methyl sites for hydroxylation is 1. The van der Waals surface area contributed by atoms with Crippen LogP contribution in [0.15, 0.2) is 52.6 Å². The van der Waals surface area contributed by atoms with E-state index in [1.54, 1.807) is 53.9 Å². The highest BCUT2D eigenvalue weighted by Crippen LogP contribution is 2.23. The van der Waals surface area contributed by atoms with E-state index in [2.05, 4.69) is 25.9 Å². The molecule has 0 amide bonds. The van der Waals surface area contributed by atoms with Crippen molar-refractivity contribution in [2.24, 2.45) is 0 Å². The van der Waals surface area contributed by atoms with Gasteiger partial charge in [-0.3, -0.25) is 0 Å². The van der Waals surface area contributed by atoms with Crippen molar-refractivity contribution in [3.05, 3.63) is 68.8 Å². The van der Waals surface area contributed by atoms with Crippen molar-refractivity contribution in [2.45, 2.75) is 13.5 Å². The SMILES string of the molecule is Cc1nc(COc2cccc(C(=O)Oc3cccnc3Br)c2)cs1. The first-order chi connectivity index (χ1) is 11.6. The van der Waals surface area contributed by atoms with Crippen LogP contribution in [0.1, 0.15) is 21.1 Å². The number of thiazole rings is 1. The molecule has 7 heteroatoms. The molecule has 0 radical (unpaired) electrons. The molecule has 2 heterocycles. The molecule has 3 rings (SSSR count). The third kappa shape index (κ3) is 4.18. The van der Waals surface area contributed by atoms with E-state index < -0.39 is 5.97 Å². The van der Waals surface area contributed by atoms with Gasteiger partial charge in [-0.1, -0.05) is 6.07 Å². The first-order valence-corrected chi connectivity index (χ1v) is 8.75. The molecule has 0 N–H and O–H groups in total. The number of carbonyl (C=O) groups excluding carboxylic acids is 1. The van der Waals surface area contributed by atoms with E-state index in [0.29, 0.717) is 28.3 Å². The second-order valence-electron chi connectivity index (χ2n) is 4.86. The molecule has 1 aromatic carbocycles. The number of benzene rings is 1. The predicted octanol–water partition coefficient (Wildman–Crippen LogP) is 4.41. The Kier molecular flexibility index (Phi) is 5.22. The minimum absolute atomic E-state index is 0.358.